The minimum absolute atomic E-state index is 0.128. The van der Waals surface area contributed by atoms with E-state index in [0.29, 0.717) is 6.61 Å². The standard InChI is InChI=1S/C15H17NO2/c16-10-15(6-3-7-17-11-15)9-13-8-12-4-1-2-5-14(12)18-13/h1-2,4-5,13H,3,6-9,11H2. The lowest BCUT2D eigenvalue weighted by Crippen LogP contribution is -2.35. The Hall–Kier alpha value is -1.53. The van der Waals surface area contributed by atoms with Crippen molar-refractivity contribution in [2.24, 2.45) is 5.41 Å². The summed E-state index contributed by atoms with van der Waals surface area (Å²) < 4.78 is 11.4. The molecule has 3 nitrogen and oxygen atoms in total. The maximum Gasteiger partial charge on any atom is 0.123 e. The first-order chi connectivity index (χ1) is 8.81. The highest BCUT2D eigenvalue weighted by Gasteiger charge is 2.38. The van der Waals surface area contributed by atoms with Gasteiger partial charge in [-0.05, 0) is 24.5 Å². The number of hydrogen-bond acceptors (Lipinski definition) is 3. The van der Waals surface area contributed by atoms with E-state index in [1.165, 1.54) is 5.56 Å². The van der Waals surface area contributed by atoms with Crippen LogP contribution < -0.4 is 4.74 Å². The molecule has 0 aliphatic carbocycles. The summed E-state index contributed by atoms with van der Waals surface area (Å²) in [4.78, 5) is 0. The van der Waals surface area contributed by atoms with Crippen molar-refractivity contribution in [2.45, 2.75) is 31.8 Å². The molecule has 0 radical (unpaired) electrons. The molecule has 2 heterocycles. The van der Waals surface area contributed by atoms with E-state index in [2.05, 4.69) is 12.1 Å². The molecule has 18 heavy (non-hydrogen) atoms. The molecule has 3 rings (SSSR count). The second-order valence-corrected chi connectivity index (χ2v) is 5.30. The average molecular weight is 243 g/mol. The quantitative estimate of drug-likeness (QED) is 0.802. The predicted octanol–water partition coefficient (Wildman–Crippen LogP) is 2.70. The van der Waals surface area contributed by atoms with Crippen LogP contribution in [0.25, 0.3) is 0 Å². The van der Waals surface area contributed by atoms with Crippen LogP contribution in [0.4, 0.5) is 0 Å². The summed E-state index contributed by atoms with van der Waals surface area (Å²) in [5.41, 5.74) is 0.914. The van der Waals surface area contributed by atoms with Gasteiger partial charge in [0.1, 0.15) is 11.9 Å². The number of fused-ring (bicyclic) bond motifs is 1. The zero-order valence-corrected chi connectivity index (χ0v) is 10.4. The fraction of sp³-hybridized carbons (Fsp3) is 0.533. The Morgan fingerprint density at radius 2 is 2.28 bits per heavy atom. The summed E-state index contributed by atoms with van der Waals surface area (Å²) in [5.74, 6) is 0.979. The van der Waals surface area contributed by atoms with Gasteiger partial charge in [-0.15, -0.1) is 0 Å². The van der Waals surface area contributed by atoms with Crippen molar-refractivity contribution in [2.75, 3.05) is 13.2 Å². The number of nitriles is 1. The SMILES string of the molecule is N#CC1(CC2Cc3ccccc3O2)CCCOC1. The van der Waals surface area contributed by atoms with Crippen LogP contribution in [0, 0.1) is 16.7 Å². The molecule has 0 N–H and O–H groups in total. The second kappa shape index (κ2) is 4.62. The molecule has 2 aliphatic rings. The Balaban J connectivity index is 1.70. The summed E-state index contributed by atoms with van der Waals surface area (Å²) in [5, 5.41) is 9.43. The molecule has 0 saturated carbocycles. The zero-order valence-electron chi connectivity index (χ0n) is 10.4. The van der Waals surface area contributed by atoms with E-state index in [0.717, 1.165) is 38.0 Å². The van der Waals surface area contributed by atoms with Crippen molar-refractivity contribution < 1.29 is 9.47 Å². The average Bonchev–Trinajstić information content (AvgIpc) is 2.81. The van der Waals surface area contributed by atoms with Crippen LogP contribution in [0.2, 0.25) is 0 Å². The molecule has 3 heteroatoms. The molecule has 94 valence electrons. The molecule has 1 aromatic carbocycles. The van der Waals surface area contributed by atoms with E-state index in [1.807, 2.05) is 18.2 Å². The van der Waals surface area contributed by atoms with Crippen LogP contribution in [-0.4, -0.2) is 19.3 Å². The van der Waals surface area contributed by atoms with Gasteiger partial charge in [-0.3, -0.25) is 0 Å². The number of ether oxygens (including phenoxy) is 2. The zero-order chi connectivity index (χ0) is 12.4. The van der Waals surface area contributed by atoms with Gasteiger partial charge in [0.2, 0.25) is 0 Å². The van der Waals surface area contributed by atoms with Crippen LogP contribution in [0.5, 0.6) is 5.75 Å². The van der Waals surface area contributed by atoms with Crippen LogP contribution in [0.15, 0.2) is 24.3 Å². The van der Waals surface area contributed by atoms with Crippen molar-refractivity contribution in [3.63, 3.8) is 0 Å². The largest absolute Gasteiger partial charge is 0.490 e. The lowest BCUT2D eigenvalue weighted by atomic mass is 9.78. The third-order valence-electron chi connectivity index (χ3n) is 3.89. The second-order valence-electron chi connectivity index (χ2n) is 5.30. The first-order valence-corrected chi connectivity index (χ1v) is 6.55. The molecule has 0 amide bonds. The van der Waals surface area contributed by atoms with Gasteiger partial charge < -0.3 is 9.47 Å². The van der Waals surface area contributed by atoms with Gasteiger partial charge >= 0.3 is 0 Å². The summed E-state index contributed by atoms with van der Waals surface area (Å²) in [6.07, 6.45) is 3.73. The number of rotatable bonds is 2. The van der Waals surface area contributed by atoms with Crippen LogP contribution >= 0.6 is 0 Å². The van der Waals surface area contributed by atoms with Crippen molar-refractivity contribution in [1.29, 1.82) is 5.26 Å². The van der Waals surface area contributed by atoms with E-state index < -0.39 is 0 Å². The minimum Gasteiger partial charge on any atom is -0.490 e. The highest BCUT2D eigenvalue weighted by atomic mass is 16.5. The number of benzene rings is 1. The fourth-order valence-electron chi connectivity index (χ4n) is 2.95. The van der Waals surface area contributed by atoms with Crippen molar-refractivity contribution >= 4 is 0 Å². The number of para-hydroxylation sites is 1. The molecular formula is C15H17NO2. The topological polar surface area (TPSA) is 42.2 Å². The van der Waals surface area contributed by atoms with Gasteiger partial charge in [0, 0.05) is 19.4 Å². The first-order valence-electron chi connectivity index (χ1n) is 6.55. The van der Waals surface area contributed by atoms with Crippen molar-refractivity contribution in [3.8, 4) is 11.8 Å². The Bertz CT molecular complexity index is 447. The lowest BCUT2D eigenvalue weighted by molar-refractivity contribution is 0.00214. The summed E-state index contributed by atoms with van der Waals surface area (Å²) in [7, 11) is 0. The van der Waals surface area contributed by atoms with Gasteiger partial charge in [0.15, 0.2) is 0 Å². The monoisotopic (exact) mass is 243 g/mol. The third-order valence-corrected chi connectivity index (χ3v) is 3.89. The van der Waals surface area contributed by atoms with Gasteiger partial charge in [-0.1, -0.05) is 18.2 Å². The predicted molar refractivity (Wildman–Crippen MR) is 67.3 cm³/mol. The lowest BCUT2D eigenvalue weighted by Gasteiger charge is -2.32. The first kappa shape index (κ1) is 11.6. The Morgan fingerprint density at radius 3 is 3.00 bits per heavy atom. The van der Waals surface area contributed by atoms with Crippen molar-refractivity contribution in [3.05, 3.63) is 29.8 Å². The maximum atomic E-state index is 9.43. The Morgan fingerprint density at radius 1 is 1.39 bits per heavy atom. The molecule has 2 aliphatic heterocycles. The highest BCUT2D eigenvalue weighted by Crippen LogP contribution is 2.38. The normalized spacial score (nSPS) is 30.3. The summed E-state index contributed by atoms with van der Waals surface area (Å²) >= 11 is 0. The van der Waals surface area contributed by atoms with E-state index in [4.69, 9.17) is 9.47 Å². The van der Waals surface area contributed by atoms with Gasteiger partial charge in [-0.25, -0.2) is 0 Å². The molecule has 2 atom stereocenters. The number of nitrogens with zero attached hydrogens (tertiary/aromatic N) is 1. The smallest absolute Gasteiger partial charge is 0.123 e. The maximum absolute atomic E-state index is 9.43. The van der Waals surface area contributed by atoms with Crippen LogP contribution in [-0.2, 0) is 11.2 Å². The van der Waals surface area contributed by atoms with Crippen molar-refractivity contribution in [1.82, 2.24) is 0 Å². The van der Waals surface area contributed by atoms with Crippen LogP contribution in [0.3, 0.4) is 0 Å². The Labute approximate surface area is 107 Å². The molecular weight excluding hydrogens is 226 g/mol. The molecule has 0 bridgehead atoms. The van der Waals surface area contributed by atoms with E-state index >= 15 is 0 Å². The molecule has 0 aromatic heterocycles. The highest BCUT2D eigenvalue weighted by molar-refractivity contribution is 5.37. The minimum atomic E-state index is -0.342. The molecule has 2 unspecified atom stereocenters. The summed E-state index contributed by atoms with van der Waals surface area (Å²) in [6, 6.07) is 10.6. The fourth-order valence-corrected chi connectivity index (χ4v) is 2.95. The number of hydrogen-bond donors (Lipinski definition) is 0. The van der Waals surface area contributed by atoms with Gasteiger partial charge in [0.25, 0.3) is 0 Å². The summed E-state index contributed by atoms with van der Waals surface area (Å²) in [6.45, 7) is 1.34. The molecule has 1 aromatic rings. The van der Waals surface area contributed by atoms with Gasteiger partial charge in [-0.2, -0.15) is 5.26 Å². The van der Waals surface area contributed by atoms with E-state index in [-0.39, 0.29) is 11.5 Å². The molecule has 0 spiro atoms. The van der Waals surface area contributed by atoms with E-state index in [1.54, 1.807) is 0 Å². The third kappa shape index (κ3) is 2.09. The molecule has 1 saturated heterocycles. The Kier molecular flexibility index (Phi) is 2.97. The molecule has 1 fully saturated rings. The van der Waals surface area contributed by atoms with E-state index in [9.17, 15) is 5.26 Å². The van der Waals surface area contributed by atoms with Crippen LogP contribution in [0.1, 0.15) is 24.8 Å². The van der Waals surface area contributed by atoms with Gasteiger partial charge in [0.05, 0.1) is 18.1 Å².